The molecule has 0 spiro atoms. The van der Waals surface area contributed by atoms with Crippen molar-refractivity contribution in [3.05, 3.63) is 30.1 Å². The maximum absolute atomic E-state index is 8.44. The van der Waals surface area contributed by atoms with Gasteiger partial charge in [-0.05, 0) is 12.1 Å². The van der Waals surface area contributed by atoms with E-state index in [1.54, 1.807) is 18.5 Å². The molecule has 5 nitrogen and oxygen atoms in total. The van der Waals surface area contributed by atoms with Crippen LogP contribution in [0, 0.1) is 0 Å². The zero-order chi connectivity index (χ0) is 9.26. The van der Waals surface area contributed by atoms with Crippen molar-refractivity contribution in [2.75, 3.05) is 0 Å². The minimum Gasteiger partial charge on any atom is -0.409 e. The summed E-state index contributed by atoms with van der Waals surface area (Å²) < 4.78 is 0. The molecule has 0 saturated heterocycles. The lowest BCUT2D eigenvalue weighted by Crippen LogP contribution is -2.13. The standard InChI is InChI=1S/C8H8N4O/c9-7(12-13)6-3-5-1-2-10-8(5)11-4-6/h1-4,13H,(H2,9,12)(H,10,11). The monoisotopic (exact) mass is 176 g/mol. The highest BCUT2D eigenvalue weighted by Gasteiger charge is 2.01. The fourth-order valence-electron chi connectivity index (χ4n) is 1.14. The number of H-pyrrole nitrogens is 1. The number of nitrogens with zero attached hydrogens (tertiary/aromatic N) is 2. The van der Waals surface area contributed by atoms with Crippen molar-refractivity contribution in [1.29, 1.82) is 0 Å². The van der Waals surface area contributed by atoms with Gasteiger partial charge in [-0.1, -0.05) is 5.16 Å². The second-order valence-corrected chi connectivity index (χ2v) is 2.62. The molecule has 2 rings (SSSR count). The molecule has 0 unspecified atom stereocenters. The summed E-state index contributed by atoms with van der Waals surface area (Å²) in [6.07, 6.45) is 3.33. The Morgan fingerprint density at radius 1 is 1.62 bits per heavy atom. The molecule has 0 radical (unpaired) electrons. The molecule has 0 bridgehead atoms. The molecule has 2 heterocycles. The van der Waals surface area contributed by atoms with E-state index in [4.69, 9.17) is 10.9 Å². The van der Waals surface area contributed by atoms with Crippen molar-refractivity contribution in [2.24, 2.45) is 10.9 Å². The fraction of sp³-hybridized carbons (Fsp3) is 0. The number of oxime groups is 1. The normalized spacial score (nSPS) is 12.2. The highest BCUT2D eigenvalue weighted by Crippen LogP contribution is 2.10. The second kappa shape index (κ2) is 2.78. The number of rotatable bonds is 1. The zero-order valence-corrected chi connectivity index (χ0v) is 6.73. The second-order valence-electron chi connectivity index (χ2n) is 2.62. The van der Waals surface area contributed by atoms with Crippen LogP contribution in [0.5, 0.6) is 0 Å². The Kier molecular flexibility index (Phi) is 1.63. The molecule has 0 saturated carbocycles. The number of aromatic amines is 1. The van der Waals surface area contributed by atoms with Crippen LogP contribution in [0.2, 0.25) is 0 Å². The van der Waals surface area contributed by atoms with Gasteiger partial charge in [-0.25, -0.2) is 4.98 Å². The van der Waals surface area contributed by atoms with Gasteiger partial charge in [-0.2, -0.15) is 0 Å². The lowest BCUT2D eigenvalue weighted by Gasteiger charge is -1.96. The highest BCUT2D eigenvalue weighted by atomic mass is 16.4. The van der Waals surface area contributed by atoms with Crippen LogP contribution in [0.4, 0.5) is 0 Å². The van der Waals surface area contributed by atoms with E-state index in [-0.39, 0.29) is 5.84 Å². The van der Waals surface area contributed by atoms with Crippen molar-refractivity contribution in [1.82, 2.24) is 9.97 Å². The minimum atomic E-state index is 0.0654. The third-order valence-corrected chi connectivity index (χ3v) is 1.80. The summed E-state index contributed by atoms with van der Waals surface area (Å²) in [5, 5.41) is 12.3. The van der Waals surface area contributed by atoms with E-state index in [2.05, 4.69) is 15.1 Å². The van der Waals surface area contributed by atoms with Crippen LogP contribution >= 0.6 is 0 Å². The summed E-state index contributed by atoms with van der Waals surface area (Å²) in [6, 6.07) is 3.67. The average Bonchev–Trinajstić information content (AvgIpc) is 2.63. The first-order chi connectivity index (χ1) is 6.31. The number of nitrogens with one attached hydrogen (secondary N) is 1. The van der Waals surface area contributed by atoms with Crippen LogP contribution in [0.15, 0.2) is 29.7 Å². The molecule has 2 aromatic heterocycles. The number of amidine groups is 1. The van der Waals surface area contributed by atoms with Gasteiger partial charge in [0, 0.05) is 23.3 Å². The lowest BCUT2D eigenvalue weighted by atomic mass is 10.2. The minimum absolute atomic E-state index is 0.0654. The Hall–Kier alpha value is -2.04. The fourth-order valence-corrected chi connectivity index (χ4v) is 1.14. The smallest absolute Gasteiger partial charge is 0.171 e. The van der Waals surface area contributed by atoms with Crippen LogP contribution < -0.4 is 5.73 Å². The first-order valence-electron chi connectivity index (χ1n) is 3.72. The van der Waals surface area contributed by atoms with Gasteiger partial charge in [0.25, 0.3) is 0 Å². The van der Waals surface area contributed by atoms with Crippen LogP contribution in [-0.4, -0.2) is 21.0 Å². The molecular formula is C8H8N4O. The molecule has 66 valence electrons. The Morgan fingerprint density at radius 3 is 3.23 bits per heavy atom. The summed E-state index contributed by atoms with van der Waals surface area (Å²) >= 11 is 0. The predicted molar refractivity (Wildman–Crippen MR) is 48.6 cm³/mol. The summed E-state index contributed by atoms with van der Waals surface area (Å²) in [5.74, 6) is 0.0654. The Balaban J connectivity index is 2.60. The first-order valence-corrected chi connectivity index (χ1v) is 3.72. The van der Waals surface area contributed by atoms with Gasteiger partial charge in [0.05, 0.1) is 0 Å². The maximum atomic E-state index is 8.44. The van der Waals surface area contributed by atoms with E-state index in [0.717, 1.165) is 11.0 Å². The van der Waals surface area contributed by atoms with Gasteiger partial charge < -0.3 is 15.9 Å². The highest BCUT2D eigenvalue weighted by molar-refractivity contribution is 5.99. The predicted octanol–water partition coefficient (Wildman–Crippen LogP) is 0.657. The largest absolute Gasteiger partial charge is 0.409 e. The van der Waals surface area contributed by atoms with Crippen LogP contribution in [0.3, 0.4) is 0 Å². The van der Waals surface area contributed by atoms with E-state index in [1.807, 2.05) is 6.07 Å². The molecule has 0 aliphatic rings. The van der Waals surface area contributed by atoms with Gasteiger partial charge in [-0.15, -0.1) is 0 Å². The number of hydrogen-bond acceptors (Lipinski definition) is 3. The van der Waals surface area contributed by atoms with E-state index in [0.29, 0.717) is 5.56 Å². The average molecular weight is 176 g/mol. The summed E-state index contributed by atoms with van der Waals surface area (Å²) in [6.45, 7) is 0. The molecule has 2 aromatic rings. The van der Waals surface area contributed by atoms with Gasteiger partial charge >= 0.3 is 0 Å². The van der Waals surface area contributed by atoms with Crippen molar-refractivity contribution < 1.29 is 5.21 Å². The maximum Gasteiger partial charge on any atom is 0.171 e. The first kappa shape index (κ1) is 7.60. The van der Waals surface area contributed by atoms with Crippen molar-refractivity contribution in [2.45, 2.75) is 0 Å². The SMILES string of the molecule is N/C(=N\O)c1cnc2[nH]ccc2c1. The molecule has 0 amide bonds. The van der Waals surface area contributed by atoms with Crippen LogP contribution in [-0.2, 0) is 0 Å². The number of pyridine rings is 1. The van der Waals surface area contributed by atoms with Crippen molar-refractivity contribution in [3.8, 4) is 0 Å². The zero-order valence-electron chi connectivity index (χ0n) is 6.73. The summed E-state index contributed by atoms with van der Waals surface area (Å²) in [5.41, 5.74) is 6.80. The quantitative estimate of drug-likeness (QED) is 0.258. The van der Waals surface area contributed by atoms with Gasteiger partial charge in [0.2, 0.25) is 0 Å². The third-order valence-electron chi connectivity index (χ3n) is 1.80. The molecular weight excluding hydrogens is 168 g/mol. The van der Waals surface area contributed by atoms with Crippen molar-refractivity contribution in [3.63, 3.8) is 0 Å². The molecule has 4 N–H and O–H groups in total. The van der Waals surface area contributed by atoms with E-state index >= 15 is 0 Å². The number of nitrogens with two attached hydrogens (primary N) is 1. The Bertz CT molecular complexity index is 460. The van der Waals surface area contributed by atoms with Crippen molar-refractivity contribution >= 4 is 16.9 Å². The topological polar surface area (TPSA) is 87.3 Å². The molecule has 0 fully saturated rings. The number of hydrogen-bond donors (Lipinski definition) is 3. The van der Waals surface area contributed by atoms with E-state index < -0.39 is 0 Å². The molecule has 5 heteroatoms. The Morgan fingerprint density at radius 2 is 2.46 bits per heavy atom. The molecule has 0 aromatic carbocycles. The van der Waals surface area contributed by atoms with Gasteiger partial charge in [0.1, 0.15) is 5.65 Å². The molecule has 0 aliphatic carbocycles. The summed E-state index contributed by atoms with van der Waals surface area (Å²) in [4.78, 5) is 7.03. The Labute approximate surface area is 73.9 Å². The van der Waals surface area contributed by atoms with Crippen LogP contribution in [0.1, 0.15) is 5.56 Å². The van der Waals surface area contributed by atoms with E-state index in [1.165, 1.54) is 0 Å². The van der Waals surface area contributed by atoms with Gasteiger partial charge in [0.15, 0.2) is 5.84 Å². The molecule has 0 atom stereocenters. The molecule has 0 aliphatic heterocycles. The molecule has 13 heavy (non-hydrogen) atoms. The number of aromatic nitrogens is 2. The number of fused-ring (bicyclic) bond motifs is 1. The lowest BCUT2D eigenvalue weighted by molar-refractivity contribution is 0.318. The van der Waals surface area contributed by atoms with Crippen LogP contribution in [0.25, 0.3) is 11.0 Å². The summed E-state index contributed by atoms with van der Waals surface area (Å²) in [7, 11) is 0. The van der Waals surface area contributed by atoms with E-state index in [9.17, 15) is 0 Å². The van der Waals surface area contributed by atoms with Gasteiger partial charge in [-0.3, -0.25) is 0 Å². The third kappa shape index (κ3) is 1.20.